The Balaban J connectivity index is 1.56. The van der Waals surface area contributed by atoms with Gasteiger partial charge in [-0.15, -0.1) is 11.3 Å². The number of benzene rings is 3. The first kappa shape index (κ1) is 19.7. The Morgan fingerprint density at radius 1 is 0.900 bits per heavy atom. The van der Waals surface area contributed by atoms with E-state index in [-0.39, 0.29) is 11.4 Å². The van der Waals surface area contributed by atoms with Crippen molar-refractivity contribution in [3.05, 3.63) is 88.3 Å². The van der Waals surface area contributed by atoms with Gasteiger partial charge in [-0.1, -0.05) is 36.4 Å². The number of hydrogen-bond acceptors (Lipinski definition) is 5. The van der Waals surface area contributed by atoms with Crippen LogP contribution in [0.4, 0.5) is 14.5 Å². The molecule has 0 aliphatic rings. The number of nitro groups is 1. The number of hydrogen-bond donors (Lipinski definition) is 0. The molecule has 1 heterocycles. The SMILES string of the molecule is O=[N+]([O-])c1ccccc1-c1ccc(-c2nc(-c3ccc(OC(F)F)cc3)cs2)cc1. The molecule has 0 fully saturated rings. The van der Waals surface area contributed by atoms with Crippen LogP contribution in [0, 0.1) is 10.1 Å². The van der Waals surface area contributed by atoms with E-state index in [2.05, 4.69) is 9.72 Å². The molecule has 8 heteroatoms. The lowest BCUT2D eigenvalue weighted by molar-refractivity contribution is -0.384. The van der Waals surface area contributed by atoms with E-state index < -0.39 is 11.5 Å². The maximum absolute atomic E-state index is 12.3. The number of nitrogens with zero attached hydrogens (tertiary/aromatic N) is 2. The third-order valence-electron chi connectivity index (χ3n) is 4.42. The molecule has 4 rings (SSSR count). The molecule has 0 spiro atoms. The summed E-state index contributed by atoms with van der Waals surface area (Å²) < 4.78 is 28.9. The third-order valence-corrected chi connectivity index (χ3v) is 5.31. The summed E-state index contributed by atoms with van der Waals surface area (Å²) in [5, 5.41) is 13.9. The molecule has 4 aromatic rings. The lowest BCUT2D eigenvalue weighted by atomic mass is 10.0. The molecule has 1 aromatic heterocycles. The summed E-state index contributed by atoms with van der Waals surface area (Å²) in [6, 6.07) is 20.3. The number of nitro benzene ring substituents is 1. The predicted octanol–water partition coefficient (Wildman–Crippen LogP) is 6.65. The van der Waals surface area contributed by atoms with E-state index in [9.17, 15) is 18.9 Å². The van der Waals surface area contributed by atoms with Gasteiger partial charge < -0.3 is 4.74 Å². The zero-order chi connectivity index (χ0) is 21.1. The summed E-state index contributed by atoms with van der Waals surface area (Å²) >= 11 is 1.45. The molecular formula is C22H14F2N2O3S. The highest BCUT2D eigenvalue weighted by Gasteiger charge is 2.14. The number of rotatable bonds is 6. The van der Waals surface area contributed by atoms with Gasteiger partial charge in [0.25, 0.3) is 5.69 Å². The van der Waals surface area contributed by atoms with E-state index in [0.717, 1.165) is 27.4 Å². The molecule has 0 aliphatic carbocycles. The fourth-order valence-corrected chi connectivity index (χ4v) is 3.85. The van der Waals surface area contributed by atoms with Crippen molar-refractivity contribution in [3.63, 3.8) is 0 Å². The first-order valence-electron chi connectivity index (χ1n) is 8.86. The molecule has 0 aliphatic heterocycles. The number of halogens is 2. The zero-order valence-electron chi connectivity index (χ0n) is 15.4. The van der Waals surface area contributed by atoms with Gasteiger partial charge in [-0.3, -0.25) is 10.1 Å². The monoisotopic (exact) mass is 424 g/mol. The van der Waals surface area contributed by atoms with Crippen molar-refractivity contribution in [2.45, 2.75) is 6.61 Å². The van der Waals surface area contributed by atoms with Gasteiger partial charge in [0.1, 0.15) is 10.8 Å². The van der Waals surface area contributed by atoms with Gasteiger partial charge >= 0.3 is 6.61 Å². The van der Waals surface area contributed by atoms with Crippen LogP contribution in [0.25, 0.3) is 33.0 Å². The van der Waals surface area contributed by atoms with Crippen molar-refractivity contribution in [2.75, 3.05) is 0 Å². The highest BCUT2D eigenvalue weighted by atomic mass is 32.1. The summed E-state index contributed by atoms with van der Waals surface area (Å²) in [6.45, 7) is -2.86. The molecule has 0 amide bonds. The Bertz CT molecular complexity index is 1180. The molecule has 150 valence electrons. The minimum Gasteiger partial charge on any atom is -0.435 e. The predicted molar refractivity (Wildman–Crippen MR) is 112 cm³/mol. The molecule has 0 N–H and O–H groups in total. The highest BCUT2D eigenvalue weighted by molar-refractivity contribution is 7.13. The number of alkyl halides is 2. The van der Waals surface area contributed by atoms with E-state index in [1.54, 1.807) is 30.3 Å². The average Bonchev–Trinajstić information content (AvgIpc) is 3.24. The smallest absolute Gasteiger partial charge is 0.387 e. The topological polar surface area (TPSA) is 65.3 Å². The van der Waals surface area contributed by atoms with Crippen LogP contribution < -0.4 is 4.74 Å². The number of aromatic nitrogens is 1. The van der Waals surface area contributed by atoms with Gasteiger partial charge in [0.05, 0.1) is 16.2 Å². The van der Waals surface area contributed by atoms with E-state index in [1.807, 2.05) is 29.6 Å². The van der Waals surface area contributed by atoms with Gasteiger partial charge in [-0.25, -0.2) is 4.98 Å². The largest absolute Gasteiger partial charge is 0.435 e. The Hall–Kier alpha value is -3.65. The molecule has 0 atom stereocenters. The van der Waals surface area contributed by atoms with Crippen molar-refractivity contribution in [1.82, 2.24) is 4.98 Å². The van der Waals surface area contributed by atoms with Crippen molar-refractivity contribution < 1.29 is 18.4 Å². The maximum Gasteiger partial charge on any atom is 0.387 e. The van der Waals surface area contributed by atoms with Crippen LogP contribution in [-0.2, 0) is 0 Å². The second-order valence-electron chi connectivity index (χ2n) is 6.29. The van der Waals surface area contributed by atoms with E-state index >= 15 is 0 Å². The summed E-state index contributed by atoms with van der Waals surface area (Å²) in [5.41, 5.74) is 3.75. The number of para-hydroxylation sites is 1. The van der Waals surface area contributed by atoms with Crippen LogP contribution in [0.5, 0.6) is 5.75 Å². The molecule has 3 aromatic carbocycles. The third kappa shape index (κ3) is 4.18. The van der Waals surface area contributed by atoms with Crippen LogP contribution in [0.1, 0.15) is 0 Å². The number of thiazole rings is 1. The molecule has 0 saturated heterocycles. The minimum absolute atomic E-state index is 0.0565. The first-order valence-corrected chi connectivity index (χ1v) is 9.74. The van der Waals surface area contributed by atoms with Crippen LogP contribution in [0.15, 0.2) is 78.2 Å². The van der Waals surface area contributed by atoms with Crippen molar-refractivity contribution in [2.24, 2.45) is 0 Å². The van der Waals surface area contributed by atoms with Gasteiger partial charge in [-0.2, -0.15) is 8.78 Å². The Labute approximate surface area is 174 Å². The Morgan fingerprint density at radius 3 is 2.20 bits per heavy atom. The van der Waals surface area contributed by atoms with Crippen LogP contribution in [-0.4, -0.2) is 16.5 Å². The zero-order valence-corrected chi connectivity index (χ0v) is 16.2. The molecule has 0 bridgehead atoms. The van der Waals surface area contributed by atoms with Crippen molar-refractivity contribution >= 4 is 17.0 Å². The van der Waals surface area contributed by atoms with Crippen molar-refractivity contribution in [3.8, 4) is 38.7 Å². The maximum atomic E-state index is 12.3. The van der Waals surface area contributed by atoms with Crippen LogP contribution in [0.3, 0.4) is 0 Å². The molecule has 5 nitrogen and oxygen atoms in total. The van der Waals surface area contributed by atoms with Gasteiger partial charge in [0, 0.05) is 22.6 Å². The Kier molecular flexibility index (Phi) is 5.49. The molecule has 0 radical (unpaired) electrons. The second-order valence-corrected chi connectivity index (χ2v) is 7.15. The lowest BCUT2D eigenvalue weighted by Crippen LogP contribution is -2.01. The van der Waals surface area contributed by atoms with E-state index in [0.29, 0.717) is 5.56 Å². The van der Waals surface area contributed by atoms with Gasteiger partial charge in [0.15, 0.2) is 0 Å². The Morgan fingerprint density at radius 2 is 1.53 bits per heavy atom. The molecular weight excluding hydrogens is 410 g/mol. The molecule has 0 unspecified atom stereocenters. The minimum atomic E-state index is -2.86. The highest BCUT2D eigenvalue weighted by Crippen LogP contribution is 2.33. The lowest BCUT2D eigenvalue weighted by Gasteiger charge is -2.05. The molecule has 30 heavy (non-hydrogen) atoms. The summed E-state index contributed by atoms with van der Waals surface area (Å²) in [5.74, 6) is 0.0924. The van der Waals surface area contributed by atoms with E-state index in [4.69, 9.17) is 0 Å². The average molecular weight is 424 g/mol. The van der Waals surface area contributed by atoms with Crippen LogP contribution >= 0.6 is 11.3 Å². The van der Waals surface area contributed by atoms with E-state index in [1.165, 1.54) is 29.5 Å². The molecule has 0 saturated carbocycles. The summed E-state index contributed by atoms with van der Waals surface area (Å²) in [7, 11) is 0. The second kappa shape index (κ2) is 8.38. The summed E-state index contributed by atoms with van der Waals surface area (Å²) in [4.78, 5) is 15.5. The normalized spacial score (nSPS) is 10.9. The fourth-order valence-electron chi connectivity index (χ4n) is 3.02. The quantitative estimate of drug-likeness (QED) is 0.257. The number of ether oxygens (including phenoxy) is 1. The summed E-state index contributed by atoms with van der Waals surface area (Å²) in [6.07, 6.45) is 0. The standard InChI is InChI=1S/C22H14F2N2O3S/c23-22(24)29-17-11-9-15(10-12-17)19-13-30-21(25-19)16-7-5-14(6-8-16)18-3-1-2-4-20(18)26(27)28/h1-13,22H. The van der Waals surface area contributed by atoms with Gasteiger partial charge in [0.2, 0.25) is 0 Å². The van der Waals surface area contributed by atoms with Crippen molar-refractivity contribution in [1.29, 1.82) is 0 Å². The first-order chi connectivity index (χ1) is 14.5. The fraction of sp³-hybridized carbons (Fsp3) is 0.0455. The van der Waals surface area contributed by atoms with Gasteiger partial charge in [-0.05, 0) is 35.9 Å². The van der Waals surface area contributed by atoms with Crippen LogP contribution in [0.2, 0.25) is 0 Å².